The van der Waals surface area contributed by atoms with Gasteiger partial charge in [0.1, 0.15) is 0 Å². The Morgan fingerprint density at radius 1 is 0.955 bits per heavy atom. The highest BCUT2D eigenvalue weighted by Gasteiger charge is 2.11. The van der Waals surface area contributed by atoms with Crippen molar-refractivity contribution in [2.24, 2.45) is 0 Å². The lowest BCUT2D eigenvalue weighted by Gasteiger charge is -2.12. The summed E-state index contributed by atoms with van der Waals surface area (Å²) in [5, 5.41) is 21.4. The molecule has 8 nitrogen and oxygen atoms in total. The molecule has 8 heteroatoms. The summed E-state index contributed by atoms with van der Waals surface area (Å²) in [6.45, 7) is 0. The second-order valence-electron chi connectivity index (χ2n) is 4.22. The van der Waals surface area contributed by atoms with Gasteiger partial charge in [-0.05, 0) is 18.2 Å². The van der Waals surface area contributed by atoms with Crippen molar-refractivity contribution in [3.05, 3.63) is 69.8 Å². The number of hydrogen-bond acceptors (Lipinski definition) is 6. The minimum atomic E-state index is -1.46. The zero-order valence-electron chi connectivity index (χ0n) is 11.1. The van der Waals surface area contributed by atoms with E-state index in [1.807, 2.05) is 0 Å². The number of carboxylic acids is 1. The van der Waals surface area contributed by atoms with Gasteiger partial charge in [-0.15, -0.1) is 0 Å². The first-order chi connectivity index (χ1) is 10.5. The minimum Gasteiger partial charge on any atom is -0.545 e. The van der Waals surface area contributed by atoms with Gasteiger partial charge in [-0.1, -0.05) is 18.2 Å². The zero-order valence-corrected chi connectivity index (χ0v) is 11.1. The van der Waals surface area contributed by atoms with Crippen LogP contribution in [0.3, 0.4) is 0 Å². The highest BCUT2D eigenvalue weighted by molar-refractivity contribution is 6.04. The molecule has 2 aromatic carbocycles. The van der Waals surface area contributed by atoms with Crippen LogP contribution in [0, 0.1) is 10.1 Å². The standard InChI is InChI=1S/C14H11N3O5/c18-13(11-3-1-2-4-12(11)14(19)20)16-15-9-5-7-10(8-6-9)17(21)22/h1-8,15H,(H,16,18)(H,19,20)/p-1. The molecular formula is C14H10N3O5-. The molecule has 22 heavy (non-hydrogen) atoms. The molecule has 0 aliphatic rings. The molecule has 0 heterocycles. The molecule has 0 aliphatic carbocycles. The van der Waals surface area contributed by atoms with E-state index >= 15 is 0 Å². The lowest BCUT2D eigenvalue weighted by atomic mass is 10.1. The number of aromatic carboxylic acids is 1. The molecule has 112 valence electrons. The zero-order chi connectivity index (χ0) is 16.1. The molecule has 0 saturated heterocycles. The van der Waals surface area contributed by atoms with Gasteiger partial charge in [-0.3, -0.25) is 25.8 Å². The summed E-state index contributed by atoms with van der Waals surface area (Å²) in [4.78, 5) is 32.8. The fourth-order valence-electron chi connectivity index (χ4n) is 1.72. The largest absolute Gasteiger partial charge is 0.545 e. The maximum absolute atomic E-state index is 11.9. The summed E-state index contributed by atoms with van der Waals surface area (Å²) in [6.07, 6.45) is 0. The van der Waals surface area contributed by atoms with Crippen LogP contribution in [0.4, 0.5) is 11.4 Å². The number of benzene rings is 2. The number of nitro groups is 1. The Morgan fingerprint density at radius 2 is 1.55 bits per heavy atom. The first-order valence-electron chi connectivity index (χ1n) is 6.10. The molecule has 0 spiro atoms. The van der Waals surface area contributed by atoms with Gasteiger partial charge in [-0.25, -0.2) is 0 Å². The van der Waals surface area contributed by atoms with E-state index in [1.165, 1.54) is 48.5 Å². The van der Waals surface area contributed by atoms with Gasteiger partial charge in [0.25, 0.3) is 11.6 Å². The van der Waals surface area contributed by atoms with E-state index < -0.39 is 16.8 Å². The number of anilines is 1. The monoisotopic (exact) mass is 300 g/mol. The number of hydrogen-bond donors (Lipinski definition) is 2. The van der Waals surface area contributed by atoms with Crippen LogP contribution in [0.1, 0.15) is 20.7 Å². The Hall–Kier alpha value is -3.42. The molecule has 0 fully saturated rings. The number of carbonyl (C=O) groups is 2. The Morgan fingerprint density at radius 3 is 2.09 bits per heavy atom. The number of amides is 1. The van der Waals surface area contributed by atoms with E-state index in [2.05, 4.69) is 10.9 Å². The lowest BCUT2D eigenvalue weighted by molar-refractivity contribution is -0.384. The van der Waals surface area contributed by atoms with Gasteiger partial charge in [0.05, 0.1) is 22.1 Å². The molecule has 0 unspecified atom stereocenters. The van der Waals surface area contributed by atoms with Gasteiger partial charge in [-0.2, -0.15) is 0 Å². The number of nitrogens with zero attached hydrogens (tertiary/aromatic N) is 1. The van der Waals surface area contributed by atoms with Crippen LogP contribution in [0.2, 0.25) is 0 Å². The van der Waals surface area contributed by atoms with E-state index in [1.54, 1.807) is 0 Å². The van der Waals surface area contributed by atoms with Gasteiger partial charge in [0, 0.05) is 17.7 Å². The van der Waals surface area contributed by atoms with Crippen molar-refractivity contribution in [1.82, 2.24) is 5.43 Å². The first kappa shape index (κ1) is 15.0. The molecule has 0 aliphatic heterocycles. The van der Waals surface area contributed by atoms with Crippen LogP contribution in [-0.2, 0) is 0 Å². The van der Waals surface area contributed by atoms with Crippen molar-refractivity contribution in [2.45, 2.75) is 0 Å². The molecular weight excluding hydrogens is 290 g/mol. The summed E-state index contributed by atoms with van der Waals surface area (Å²) in [5.41, 5.74) is 4.88. The molecule has 1 amide bonds. The third-order valence-electron chi connectivity index (χ3n) is 2.79. The number of hydrazine groups is 1. The summed E-state index contributed by atoms with van der Waals surface area (Å²) in [5.74, 6) is -2.13. The maximum atomic E-state index is 11.9. The van der Waals surface area contributed by atoms with Crippen molar-refractivity contribution in [1.29, 1.82) is 0 Å². The number of carbonyl (C=O) groups excluding carboxylic acids is 2. The molecule has 2 aromatic rings. The number of nitro benzene ring substituents is 1. The number of rotatable bonds is 5. The number of carboxylic acid groups (broad SMARTS) is 1. The van der Waals surface area contributed by atoms with Gasteiger partial charge in [0.15, 0.2) is 0 Å². The van der Waals surface area contributed by atoms with Crippen LogP contribution >= 0.6 is 0 Å². The van der Waals surface area contributed by atoms with Gasteiger partial charge >= 0.3 is 0 Å². The Balaban J connectivity index is 2.07. The summed E-state index contributed by atoms with van der Waals surface area (Å²) in [7, 11) is 0. The first-order valence-corrected chi connectivity index (χ1v) is 6.10. The third kappa shape index (κ3) is 3.37. The van der Waals surface area contributed by atoms with Crippen LogP contribution < -0.4 is 16.0 Å². The summed E-state index contributed by atoms with van der Waals surface area (Å²) in [6, 6.07) is 11.0. The average molecular weight is 300 g/mol. The molecule has 0 bridgehead atoms. The smallest absolute Gasteiger partial charge is 0.270 e. The van der Waals surface area contributed by atoms with Crippen molar-refractivity contribution in [3.63, 3.8) is 0 Å². The topological polar surface area (TPSA) is 124 Å². The average Bonchev–Trinajstić information content (AvgIpc) is 2.53. The maximum Gasteiger partial charge on any atom is 0.270 e. The second kappa shape index (κ2) is 6.35. The Kier molecular flexibility index (Phi) is 4.33. The van der Waals surface area contributed by atoms with Crippen LogP contribution in [-0.4, -0.2) is 16.8 Å². The van der Waals surface area contributed by atoms with Crippen molar-refractivity contribution >= 4 is 23.3 Å². The van der Waals surface area contributed by atoms with Gasteiger partial charge in [0.2, 0.25) is 0 Å². The third-order valence-corrected chi connectivity index (χ3v) is 2.79. The van der Waals surface area contributed by atoms with Crippen molar-refractivity contribution in [3.8, 4) is 0 Å². The van der Waals surface area contributed by atoms with Crippen LogP contribution in [0.5, 0.6) is 0 Å². The summed E-state index contributed by atoms with van der Waals surface area (Å²) < 4.78 is 0. The fraction of sp³-hybridized carbons (Fsp3) is 0. The highest BCUT2D eigenvalue weighted by Crippen LogP contribution is 2.15. The number of non-ortho nitro benzene ring substituents is 1. The molecule has 2 N–H and O–H groups in total. The van der Waals surface area contributed by atoms with Crippen LogP contribution in [0.25, 0.3) is 0 Å². The van der Waals surface area contributed by atoms with E-state index in [0.717, 1.165) is 0 Å². The molecule has 0 aromatic heterocycles. The van der Waals surface area contributed by atoms with Crippen molar-refractivity contribution < 1.29 is 19.6 Å². The quantitative estimate of drug-likeness (QED) is 0.619. The predicted molar refractivity (Wildman–Crippen MR) is 75.0 cm³/mol. The molecule has 0 radical (unpaired) electrons. The van der Waals surface area contributed by atoms with E-state index in [9.17, 15) is 24.8 Å². The van der Waals surface area contributed by atoms with E-state index in [4.69, 9.17) is 0 Å². The van der Waals surface area contributed by atoms with Gasteiger partial charge < -0.3 is 9.90 Å². The molecule has 0 saturated carbocycles. The predicted octanol–water partition coefficient (Wildman–Crippen LogP) is 0.715. The Labute approximate surface area is 124 Å². The SMILES string of the molecule is O=C([O-])c1ccccc1C(=O)NNc1ccc([N+](=O)[O-])cc1. The minimum absolute atomic E-state index is 0.0584. The molecule has 0 atom stereocenters. The van der Waals surface area contributed by atoms with Crippen LogP contribution in [0.15, 0.2) is 48.5 Å². The number of nitrogens with one attached hydrogen (secondary N) is 2. The lowest BCUT2D eigenvalue weighted by Crippen LogP contribution is -2.32. The fourth-order valence-corrected chi connectivity index (χ4v) is 1.72. The van der Waals surface area contributed by atoms with E-state index in [0.29, 0.717) is 5.69 Å². The van der Waals surface area contributed by atoms with E-state index in [-0.39, 0.29) is 16.8 Å². The Bertz CT molecular complexity index is 728. The normalized spacial score (nSPS) is 9.82. The molecule has 2 rings (SSSR count). The second-order valence-corrected chi connectivity index (χ2v) is 4.22. The van der Waals surface area contributed by atoms with Crippen molar-refractivity contribution in [2.75, 3.05) is 5.43 Å². The highest BCUT2D eigenvalue weighted by atomic mass is 16.6. The summed E-state index contributed by atoms with van der Waals surface area (Å²) >= 11 is 0.